The van der Waals surface area contributed by atoms with Crippen molar-refractivity contribution in [2.24, 2.45) is 0 Å². The van der Waals surface area contributed by atoms with Gasteiger partial charge in [-0.05, 0) is 26.5 Å². The number of nitrogens with one attached hydrogen (secondary N) is 2. The molecule has 1 aromatic rings. The molecule has 0 aromatic carbocycles. The van der Waals surface area contributed by atoms with Crippen molar-refractivity contribution in [2.45, 2.75) is 38.1 Å². The topological polar surface area (TPSA) is 49.8 Å². The summed E-state index contributed by atoms with van der Waals surface area (Å²) in [6, 6.07) is 1.50. The molecule has 0 radical (unpaired) electrons. The monoisotopic (exact) mass is 322 g/mol. The highest BCUT2D eigenvalue weighted by molar-refractivity contribution is 7.99. The molecule has 120 valence electrons. The zero-order chi connectivity index (χ0) is 16.1. The van der Waals surface area contributed by atoms with E-state index in [1.807, 2.05) is 27.0 Å². The predicted molar refractivity (Wildman–Crippen MR) is 81.9 cm³/mol. The molecular weight excluding hydrogens is 301 g/mol. The van der Waals surface area contributed by atoms with E-state index >= 15 is 0 Å². The Labute approximate surface area is 127 Å². The Bertz CT molecular complexity index is 463. The van der Waals surface area contributed by atoms with Gasteiger partial charge >= 0.3 is 6.18 Å². The molecule has 0 fully saturated rings. The number of aromatic nitrogens is 2. The van der Waals surface area contributed by atoms with Gasteiger partial charge in [0, 0.05) is 23.9 Å². The number of thioether (sulfide) groups is 1. The molecule has 1 rings (SSSR count). The summed E-state index contributed by atoms with van der Waals surface area (Å²) in [5, 5.41) is 5.82. The predicted octanol–water partition coefficient (Wildman–Crippen LogP) is 3.87. The number of anilines is 2. The van der Waals surface area contributed by atoms with E-state index in [9.17, 15) is 13.2 Å². The molecule has 0 spiro atoms. The van der Waals surface area contributed by atoms with Crippen LogP contribution < -0.4 is 10.6 Å². The number of nitrogens with zero attached hydrogens (tertiary/aromatic N) is 2. The van der Waals surface area contributed by atoms with Crippen molar-refractivity contribution >= 4 is 23.4 Å². The molecule has 1 aromatic heterocycles. The molecule has 0 aliphatic heterocycles. The third-order valence-electron chi connectivity index (χ3n) is 2.78. The van der Waals surface area contributed by atoms with E-state index in [1.165, 1.54) is 6.07 Å². The second kappa shape index (κ2) is 7.20. The van der Waals surface area contributed by atoms with Gasteiger partial charge in [-0.2, -0.15) is 24.9 Å². The molecule has 2 N–H and O–H groups in total. The van der Waals surface area contributed by atoms with Crippen molar-refractivity contribution in [3.63, 3.8) is 0 Å². The summed E-state index contributed by atoms with van der Waals surface area (Å²) in [5.41, 5.74) is 0. The Morgan fingerprint density at radius 2 is 1.71 bits per heavy atom. The van der Waals surface area contributed by atoms with Gasteiger partial charge in [-0.25, -0.2) is 9.97 Å². The molecule has 0 saturated carbocycles. The van der Waals surface area contributed by atoms with E-state index in [2.05, 4.69) is 20.6 Å². The summed E-state index contributed by atoms with van der Waals surface area (Å²) in [4.78, 5) is 7.07. The van der Waals surface area contributed by atoms with Crippen molar-refractivity contribution in [1.82, 2.24) is 9.97 Å². The van der Waals surface area contributed by atoms with E-state index in [1.54, 1.807) is 11.8 Å². The minimum absolute atomic E-state index is 0.0969. The number of hydrogen-bond acceptors (Lipinski definition) is 5. The van der Waals surface area contributed by atoms with Gasteiger partial charge < -0.3 is 10.6 Å². The van der Waals surface area contributed by atoms with Crippen LogP contribution in [0.25, 0.3) is 0 Å². The van der Waals surface area contributed by atoms with E-state index < -0.39 is 12.0 Å². The number of hydrogen-bond donors (Lipinski definition) is 2. The molecule has 8 heteroatoms. The first-order valence-electron chi connectivity index (χ1n) is 6.67. The Morgan fingerprint density at radius 3 is 2.19 bits per heavy atom. The number of rotatable bonds is 7. The maximum Gasteiger partial charge on any atom is 0.451 e. The normalized spacial score (nSPS) is 12.3. The van der Waals surface area contributed by atoms with E-state index in [0.29, 0.717) is 13.1 Å². The smallest absolute Gasteiger partial charge is 0.370 e. The van der Waals surface area contributed by atoms with Crippen molar-refractivity contribution < 1.29 is 13.2 Å². The van der Waals surface area contributed by atoms with Crippen LogP contribution >= 0.6 is 11.8 Å². The molecule has 1 heterocycles. The largest absolute Gasteiger partial charge is 0.451 e. The zero-order valence-corrected chi connectivity index (χ0v) is 13.5. The Balaban J connectivity index is 2.96. The number of halogens is 3. The molecular formula is C13H21F3N4S. The zero-order valence-electron chi connectivity index (χ0n) is 12.6. The first-order valence-corrected chi connectivity index (χ1v) is 7.89. The van der Waals surface area contributed by atoms with Crippen molar-refractivity contribution in [3.05, 3.63) is 11.9 Å². The minimum Gasteiger partial charge on any atom is -0.370 e. The Hall–Kier alpha value is -1.18. The Morgan fingerprint density at radius 1 is 1.14 bits per heavy atom. The Kier molecular flexibility index (Phi) is 6.12. The van der Waals surface area contributed by atoms with Crippen molar-refractivity contribution in [2.75, 3.05) is 30.0 Å². The molecule has 0 aliphatic carbocycles. The molecule has 0 bridgehead atoms. The van der Waals surface area contributed by atoms with Gasteiger partial charge in [0.1, 0.15) is 11.6 Å². The van der Waals surface area contributed by atoms with Crippen LogP contribution in [-0.2, 0) is 6.18 Å². The lowest BCUT2D eigenvalue weighted by molar-refractivity contribution is -0.144. The van der Waals surface area contributed by atoms with Gasteiger partial charge in [0.2, 0.25) is 5.82 Å². The molecule has 0 saturated heterocycles. The van der Waals surface area contributed by atoms with Crippen LogP contribution in [0.3, 0.4) is 0 Å². The summed E-state index contributed by atoms with van der Waals surface area (Å²) in [6.45, 7) is 7.01. The molecule has 21 heavy (non-hydrogen) atoms. The third kappa shape index (κ3) is 5.99. The van der Waals surface area contributed by atoms with Gasteiger partial charge in [-0.3, -0.25) is 0 Å². The average molecular weight is 322 g/mol. The molecule has 0 aliphatic rings. The van der Waals surface area contributed by atoms with Gasteiger partial charge in [0.15, 0.2) is 0 Å². The van der Waals surface area contributed by atoms with Crippen LogP contribution in [-0.4, -0.2) is 34.1 Å². The third-order valence-corrected chi connectivity index (χ3v) is 4.03. The van der Waals surface area contributed by atoms with Crippen molar-refractivity contribution in [1.29, 1.82) is 0 Å². The minimum atomic E-state index is -4.56. The van der Waals surface area contributed by atoms with Crippen LogP contribution in [0.4, 0.5) is 24.8 Å². The second-order valence-electron chi connectivity index (χ2n) is 5.20. The standard InChI is InChI=1S/C13H21F3N4S/c1-5-6-17-9-7-10(18-8-12(2,3)21-4)20-11(19-9)13(14,15)16/h7H,5-6,8H2,1-4H3,(H2,17,18,19,20). The first kappa shape index (κ1) is 17.9. The fourth-order valence-corrected chi connectivity index (χ4v) is 1.60. The molecule has 0 atom stereocenters. The maximum atomic E-state index is 12.8. The summed E-state index contributed by atoms with van der Waals surface area (Å²) in [5.74, 6) is -0.769. The summed E-state index contributed by atoms with van der Waals surface area (Å²) in [6.07, 6.45) is -1.81. The molecule has 0 unspecified atom stereocenters. The van der Waals surface area contributed by atoms with Gasteiger partial charge in [0.25, 0.3) is 0 Å². The average Bonchev–Trinajstić information content (AvgIpc) is 2.42. The van der Waals surface area contributed by atoms with Crippen LogP contribution in [0.15, 0.2) is 6.07 Å². The van der Waals surface area contributed by atoms with E-state index in [-0.39, 0.29) is 16.4 Å². The summed E-state index contributed by atoms with van der Waals surface area (Å²) >= 11 is 1.63. The molecule has 4 nitrogen and oxygen atoms in total. The second-order valence-corrected chi connectivity index (χ2v) is 6.72. The fraction of sp³-hybridized carbons (Fsp3) is 0.692. The highest BCUT2D eigenvalue weighted by Gasteiger charge is 2.35. The lowest BCUT2D eigenvalue weighted by Gasteiger charge is -2.23. The van der Waals surface area contributed by atoms with E-state index in [0.717, 1.165) is 6.42 Å². The van der Waals surface area contributed by atoms with Crippen LogP contribution in [0.1, 0.15) is 33.0 Å². The number of alkyl halides is 3. The van der Waals surface area contributed by atoms with Crippen LogP contribution in [0, 0.1) is 0 Å². The first-order chi connectivity index (χ1) is 9.68. The highest BCUT2D eigenvalue weighted by atomic mass is 32.2. The van der Waals surface area contributed by atoms with Crippen LogP contribution in [0.5, 0.6) is 0 Å². The van der Waals surface area contributed by atoms with Crippen molar-refractivity contribution in [3.8, 4) is 0 Å². The van der Waals surface area contributed by atoms with Crippen LogP contribution in [0.2, 0.25) is 0 Å². The van der Waals surface area contributed by atoms with Gasteiger partial charge in [0.05, 0.1) is 0 Å². The highest BCUT2D eigenvalue weighted by Crippen LogP contribution is 2.29. The van der Waals surface area contributed by atoms with E-state index in [4.69, 9.17) is 0 Å². The SMILES string of the molecule is CCCNc1cc(NCC(C)(C)SC)nc(C(F)(F)F)n1. The summed E-state index contributed by atoms with van der Waals surface area (Å²) in [7, 11) is 0. The van der Waals surface area contributed by atoms with Gasteiger partial charge in [-0.15, -0.1) is 0 Å². The molecule has 0 amide bonds. The van der Waals surface area contributed by atoms with Gasteiger partial charge in [-0.1, -0.05) is 6.92 Å². The lowest BCUT2D eigenvalue weighted by atomic mass is 10.2. The fourth-order valence-electron chi connectivity index (χ4n) is 1.38. The lowest BCUT2D eigenvalue weighted by Crippen LogP contribution is -2.27. The summed E-state index contributed by atoms with van der Waals surface area (Å²) < 4.78 is 38.4. The quantitative estimate of drug-likeness (QED) is 0.798. The maximum absolute atomic E-state index is 12.8.